The lowest BCUT2D eigenvalue weighted by Crippen LogP contribution is -2.27. The Hall–Kier alpha value is -2.06. The third kappa shape index (κ3) is 3.48. The lowest BCUT2D eigenvalue weighted by Gasteiger charge is -2.15. The van der Waals surface area contributed by atoms with Gasteiger partial charge >= 0.3 is 7.33 Å². The number of terminal acetylenes is 1. The minimum Gasteiger partial charge on any atom is -0.387 e. The lowest BCUT2D eigenvalue weighted by molar-refractivity contribution is 0.289. The Labute approximate surface area is 138 Å². The van der Waals surface area contributed by atoms with Crippen molar-refractivity contribution in [2.24, 2.45) is 4.99 Å². The maximum absolute atomic E-state index is 14.6. The number of halogens is 1. The number of rotatable bonds is 5. The van der Waals surface area contributed by atoms with Crippen molar-refractivity contribution in [1.82, 2.24) is 4.48 Å². The predicted octanol–water partition coefficient (Wildman–Crippen LogP) is 4.10. The highest BCUT2D eigenvalue weighted by molar-refractivity contribution is 6.42. The number of aryl methyl sites for hydroxylation is 2. The predicted molar refractivity (Wildman–Crippen MR) is 95.0 cm³/mol. The Kier molecular flexibility index (Phi) is 5.28. The Morgan fingerprint density at radius 2 is 2.09 bits per heavy atom. The molecule has 0 aliphatic carbocycles. The first-order valence-corrected chi connectivity index (χ1v) is 7.69. The fourth-order valence-corrected chi connectivity index (χ4v) is 3.02. The van der Waals surface area contributed by atoms with Crippen molar-refractivity contribution < 1.29 is 8.97 Å². The van der Waals surface area contributed by atoms with Crippen molar-refractivity contribution in [2.45, 2.75) is 41.0 Å². The molecule has 0 saturated heterocycles. The molecule has 0 N–H and O–H groups in total. The van der Waals surface area contributed by atoms with E-state index in [0.29, 0.717) is 6.42 Å². The van der Waals surface area contributed by atoms with E-state index in [0.717, 1.165) is 39.5 Å². The van der Waals surface area contributed by atoms with E-state index in [1.54, 1.807) is 4.48 Å². The van der Waals surface area contributed by atoms with Crippen LogP contribution in [0.25, 0.3) is 5.57 Å². The number of hydrogen-bond acceptors (Lipinski definition) is 2. The molecular weight excluding hydrogens is 290 g/mol. The Morgan fingerprint density at radius 1 is 1.39 bits per heavy atom. The highest BCUT2D eigenvalue weighted by Crippen LogP contribution is 2.32. The number of hydrogen-bond donors (Lipinski definition) is 0. The van der Waals surface area contributed by atoms with Gasteiger partial charge in [0.15, 0.2) is 0 Å². The topological polar surface area (TPSA) is 26.5 Å². The molecule has 0 aromatic carbocycles. The van der Waals surface area contributed by atoms with Crippen LogP contribution in [0, 0.1) is 26.2 Å². The number of allylic oxidation sites excluding steroid dienone is 3. The van der Waals surface area contributed by atoms with Crippen molar-refractivity contribution >= 4 is 18.6 Å². The standard InChI is InChI=1S/C18H22BFN2O/c1-7-8-9-23-19(20)22-15(5)11-13(3)18(22)16(6)17-12(2)10-14(4)21-17/h1,10-11H,8-9H2,2-6H3/b17-16-. The summed E-state index contributed by atoms with van der Waals surface area (Å²) in [6.07, 6.45) is 7.61. The summed E-state index contributed by atoms with van der Waals surface area (Å²) in [4.78, 5) is 4.57. The minimum absolute atomic E-state index is 0.194. The molecule has 23 heavy (non-hydrogen) atoms. The average Bonchev–Trinajstić information content (AvgIpc) is 2.96. The fourth-order valence-electron chi connectivity index (χ4n) is 3.02. The van der Waals surface area contributed by atoms with Gasteiger partial charge in [0.2, 0.25) is 0 Å². The van der Waals surface area contributed by atoms with Crippen LogP contribution in [0.15, 0.2) is 28.4 Å². The monoisotopic (exact) mass is 312 g/mol. The Balaban J connectivity index is 2.46. The van der Waals surface area contributed by atoms with Crippen LogP contribution in [0.5, 0.6) is 0 Å². The normalized spacial score (nSPS) is 16.0. The Bertz CT molecular complexity index is 750. The molecule has 120 valence electrons. The molecule has 1 aromatic heterocycles. The molecule has 0 spiro atoms. The maximum Gasteiger partial charge on any atom is 0.637 e. The molecule has 3 nitrogen and oxygen atoms in total. The fraction of sp³-hybridized carbons (Fsp3) is 0.389. The third-order valence-electron chi connectivity index (χ3n) is 3.92. The summed E-state index contributed by atoms with van der Waals surface area (Å²) in [6, 6.07) is 1.96. The van der Waals surface area contributed by atoms with E-state index in [-0.39, 0.29) is 6.61 Å². The van der Waals surface area contributed by atoms with E-state index < -0.39 is 7.33 Å². The van der Waals surface area contributed by atoms with Gasteiger partial charge in [-0.25, -0.2) is 0 Å². The smallest absolute Gasteiger partial charge is 0.387 e. The highest BCUT2D eigenvalue weighted by Gasteiger charge is 2.27. The van der Waals surface area contributed by atoms with Crippen LogP contribution in [-0.4, -0.2) is 24.1 Å². The lowest BCUT2D eigenvalue weighted by atomic mass is 10.0. The molecule has 1 aromatic rings. The summed E-state index contributed by atoms with van der Waals surface area (Å²) >= 11 is 0. The zero-order chi connectivity index (χ0) is 17.1. The SMILES string of the molecule is C#CCCOB(F)n1c(C)cc(C)c1/C(C)=C1\N=C(C)C=C1C. The van der Waals surface area contributed by atoms with Gasteiger partial charge in [-0.3, -0.25) is 9.31 Å². The first-order valence-electron chi connectivity index (χ1n) is 7.69. The largest absolute Gasteiger partial charge is 0.637 e. The summed E-state index contributed by atoms with van der Waals surface area (Å²) in [7, 11) is -1.56. The van der Waals surface area contributed by atoms with Crippen LogP contribution in [-0.2, 0) is 4.65 Å². The van der Waals surface area contributed by atoms with Crippen molar-refractivity contribution in [2.75, 3.05) is 6.61 Å². The minimum atomic E-state index is -1.56. The first kappa shape index (κ1) is 17.3. The summed E-state index contributed by atoms with van der Waals surface area (Å²) in [6.45, 7) is 9.99. The molecule has 1 aliphatic rings. The van der Waals surface area contributed by atoms with Crippen molar-refractivity contribution in [3.05, 3.63) is 40.4 Å². The third-order valence-corrected chi connectivity index (χ3v) is 3.92. The van der Waals surface area contributed by atoms with Crippen molar-refractivity contribution in [3.63, 3.8) is 0 Å². The second-order valence-corrected chi connectivity index (χ2v) is 5.86. The molecule has 0 radical (unpaired) electrons. The van der Waals surface area contributed by atoms with E-state index in [1.807, 2.05) is 46.8 Å². The van der Waals surface area contributed by atoms with E-state index in [1.165, 1.54) is 0 Å². The van der Waals surface area contributed by atoms with E-state index >= 15 is 0 Å². The molecule has 2 rings (SSSR count). The molecule has 0 saturated carbocycles. The van der Waals surface area contributed by atoms with Gasteiger partial charge in [-0.2, -0.15) is 0 Å². The molecule has 0 atom stereocenters. The van der Waals surface area contributed by atoms with Gasteiger partial charge in [0.25, 0.3) is 0 Å². The maximum atomic E-state index is 14.6. The van der Waals surface area contributed by atoms with E-state index in [4.69, 9.17) is 11.1 Å². The molecule has 1 aliphatic heterocycles. The number of aliphatic imine (C=N–C) groups is 1. The second kappa shape index (κ2) is 7.01. The van der Waals surface area contributed by atoms with Gasteiger partial charge < -0.3 is 9.13 Å². The highest BCUT2D eigenvalue weighted by atomic mass is 19.1. The second-order valence-electron chi connectivity index (χ2n) is 5.86. The zero-order valence-corrected chi connectivity index (χ0v) is 14.4. The Morgan fingerprint density at radius 3 is 2.65 bits per heavy atom. The van der Waals surface area contributed by atoms with Crippen LogP contribution in [0.1, 0.15) is 44.1 Å². The van der Waals surface area contributed by atoms with Crippen molar-refractivity contribution in [1.29, 1.82) is 0 Å². The molecule has 0 amide bonds. The summed E-state index contributed by atoms with van der Waals surface area (Å²) in [5.74, 6) is 2.45. The van der Waals surface area contributed by atoms with Gasteiger partial charge in [-0.15, -0.1) is 12.3 Å². The molecule has 0 fully saturated rings. The van der Waals surface area contributed by atoms with E-state index in [9.17, 15) is 4.32 Å². The van der Waals surface area contributed by atoms with Gasteiger partial charge in [0, 0.05) is 30.1 Å². The van der Waals surface area contributed by atoms with Crippen LogP contribution in [0.3, 0.4) is 0 Å². The molecule has 0 bridgehead atoms. The quantitative estimate of drug-likeness (QED) is 0.457. The number of nitrogens with zero attached hydrogens (tertiary/aromatic N) is 2. The van der Waals surface area contributed by atoms with Crippen molar-refractivity contribution in [3.8, 4) is 12.3 Å². The van der Waals surface area contributed by atoms with Crippen LogP contribution in [0.4, 0.5) is 4.32 Å². The van der Waals surface area contributed by atoms with Gasteiger partial charge in [0.05, 0.1) is 5.70 Å². The van der Waals surface area contributed by atoms with Gasteiger partial charge in [0.1, 0.15) is 0 Å². The van der Waals surface area contributed by atoms with Gasteiger partial charge in [-0.1, -0.05) is 0 Å². The van der Waals surface area contributed by atoms with Crippen LogP contribution in [0.2, 0.25) is 0 Å². The number of aromatic nitrogens is 1. The molecule has 5 heteroatoms. The summed E-state index contributed by atoms with van der Waals surface area (Å²) in [5.41, 5.74) is 6.54. The molecule has 2 heterocycles. The van der Waals surface area contributed by atoms with Crippen LogP contribution < -0.4 is 0 Å². The van der Waals surface area contributed by atoms with Gasteiger partial charge in [-0.05, 0) is 63.5 Å². The summed E-state index contributed by atoms with van der Waals surface area (Å²) < 4.78 is 21.4. The molecule has 0 unspecified atom stereocenters. The summed E-state index contributed by atoms with van der Waals surface area (Å²) in [5, 5.41) is 0. The molecular formula is C18H22BFN2O. The van der Waals surface area contributed by atoms with Crippen LogP contribution >= 0.6 is 0 Å². The average molecular weight is 312 g/mol. The zero-order valence-electron chi connectivity index (χ0n) is 14.4. The first-order chi connectivity index (χ1) is 10.9. The van der Waals surface area contributed by atoms with E-state index in [2.05, 4.69) is 10.9 Å².